The van der Waals surface area contributed by atoms with Gasteiger partial charge in [-0.3, -0.25) is 9.59 Å². The minimum Gasteiger partial charge on any atom is -0.391 e. The molecule has 0 saturated heterocycles. The van der Waals surface area contributed by atoms with E-state index in [0.717, 1.165) is 5.56 Å². The molecule has 2 aromatic carbocycles. The fourth-order valence-corrected chi connectivity index (χ4v) is 1.96. The molecule has 0 aromatic heterocycles. The highest BCUT2D eigenvalue weighted by Crippen LogP contribution is 2.05. The third-order valence-corrected chi connectivity index (χ3v) is 3.05. The first-order chi connectivity index (χ1) is 10.6. The number of aliphatic hydroxyl groups excluding tert-OH is 1. The van der Waals surface area contributed by atoms with Gasteiger partial charge < -0.3 is 15.7 Å². The lowest BCUT2D eigenvalue weighted by molar-refractivity contribution is -0.136. The van der Waals surface area contributed by atoms with Crippen LogP contribution in [0.1, 0.15) is 5.56 Å². The average molecular weight is 298 g/mol. The van der Waals surface area contributed by atoms with E-state index in [4.69, 9.17) is 0 Å². The van der Waals surface area contributed by atoms with Gasteiger partial charge in [0.25, 0.3) is 0 Å². The van der Waals surface area contributed by atoms with Crippen LogP contribution in [-0.4, -0.2) is 29.6 Å². The highest BCUT2D eigenvalue weighted by molar-refractivity contribution is 6.39. The number of carbonyl (C=O) groups is 2. The summed E-state index contributed by atoms with van der Waals surface area (Å²) in [6, 6.07) is 18.2. The molecule has 0 radical (unpaired) electrons. The number of carbonyl (C=O) groups excluding carboxylic acids is 2. The van der Waals surface area contributed by atoms with E-state index in [2.05, 4.69) is 10.6 Å². The van der Waals surface area contributed by atoms with Gasteiger partial charge in [-0.2, -0.15) is 0 Å². The Morgan fingerprint density at radius 3 is 2.14 bits per heavy atom. The highest BCUT2D eigenvalue weighted by atomic mass is 16.3. The van der Waals surface area contributed by atoms with Crippen LogP contribution in [-0.2, 0) is 16.0 Å². The lowest BCUT2D eigenvalue weighted by Crippen LogP contribution is -2.40. The first kappa shape index (κ1) is 15.7. The number of amides is 2. The SMILES string of the molecule is O=C(NCC(O)Cc1ccccc1)C(=O)Nc1ccccc1. The van der Waals surface area contributed by atoms with Crippen molar-refractivity contribution >= 4 is 17.5 Å². The van der Waals surface area contributed by atoms with E-state index in [1.165, 1.54) is 0 Å². The first-order valence-electron chi connectivity index (χ1n) is 7.01. The number of aliphatic hydroxyl groups is 1. The quantitative estimate of drug-likeness (QED) is 0.729. The van der Waals surface area contributed by atoms with Gasteiger partial charge in [-0.1, -0.05) is 48.5 Å². The molecule has 2 amide bonds. The van der Waals surface area contributed by atoms with Crippen LogP contribution in [0.4, 0.5) is 5.69 Å². The smallest absolute Gasteiger partial charge is 0.313 e. The monoisotopic (exact) mass is 298 g/mol. The summed E-state index contributed by atoms with van der Waals surface area (Å²) in [6.45, 7) is 0.0237. The maximum Gasteiger partial charge on any atom is 0.313 e. The van der Waals surface area contributed by atoms with Gasteiger partial charge in [0.15, 0.2) is 0 Å². The molecule has 1 unspecified atom stereocenters. The van der Waals surface area contributed by atoms with Crippen LogP contribution in [0.25, 0.3) is 0 Å². The molecule has 5 heteroatoms. The largest absolute Gasteiger partial charge is 0.391 e. The lowest BCUT2D eigenvalue weighted by atomic mass is 10.1. The van der Waals surface area contributed by atoms with Crippen LogP contribution >= 0.6 is 0 Å². The molecule has 0 spiro atoms. The van der Waals surface area contributed by atoms with E-state index in [1.807, 2.05) is 36.4 Å². The topological polar surface area (TPSA) is 78.4 Å². The minimum atomic E-state index is -0.768. The van der Waals surface area contributed by atoms with Crippen molar-refractivity contribution in [1.29, 1.82) is 0 Å². The van der Waals surface area contributed by atoms with E-state index < -0.39 is 17.9 Å². The number of rotatable bonds is 5. The van der Waals surface area contributed by atoms with Crippen LogP contribution in [0.5, 0.6) is 0 Å². The summed E-state index contributed by atoms with van der Waals surface area (Å²) < 4.78 is 0. The van der Waals surface area contributed by atoms with Crippen LogP contribution < -0.4 is 10.6 Å². The summed E-state index contributed by atoms with van der Waals surface area (Å²) in [4.78, 5) is 23.3. The highest BCUT2D eigenvalue weighted by Gasteiger charge is 2.15. The molecule has 0 aliphatic heterocycles. The van der Waals surface area contributed by atoms with Crippen molar-refractivity contribution in [2.75, 3.05) is 11.9 Å². The van der Waals surface area contributed by atoms with Crippen LogP contribution in [0, 0.1) is 0 Å². The number of benzene rings is 2. The molecule has 0 fully saturated rings. The van der Waals surface area contributed by atoms with Crippen molar-refractivity contribution < 1.29 is 14.7 Å². The van der Waals surface area contributed by atoms with Gasteiger partial charge in [-0.25, -0.2) is 0 Å². The molecule has 3 N–H and O–H groups in total. The number of hydrogen-bond acceptors (Lipinski definition) is 3. The molecule has 0 aliphatic rings. The van der Waals surface area contributed by atoms with Crippen LogP contribution in [0.3, 0.4) is 0 Å². The maximum atomic E-state index is 11.7. The zero-order chi connectivity index (χ0) is 15.8. The third kappa shape index (κ3) is 5.03. The summed E-state index contributed by atoms with van der Waals surface area (Å²) in [6.07, 6.45) is -0.322. The third-order valence-electron chi connectivity index (χ3n) is 3.05. The molecular weight excluding hydrogens is 280 g/mol. The van der Waals surface area contributed by atoms with E-state index in [9.17, 15) is 14.7 Å². The van der Waals surface area contributed by atoms with Crippen molar-refractivity contribution in [2.45, 2.75) is 12.5 Å². The molecule has 0 heterocycles. The van der Waals surface area contributed by atoms with Gasteiger partial charge in [0.2, 0.25) is 0 Å². The number of nitrogens with one attached hydrogen (secondary N) is 2. The fourth-order valence-electron chi connectivity index (χ4n) is 1.96. The molecule has 114 valence electrons. The van der Waals surface area contributed by atoms with E-state index >= 15 is 0 Å². The zero-order valence-corrected chi connectivity index (χ0v) is 12.0. The minimum absolute atomic E-state index is 0.0237. The van der Waals surface area contributed by atoms with Gasteiger partial charge in [-0.15, -0.1) is 0 Å². The number of anilines is 1. The van der Waals surface area contributed by atoms with Crippen LogP contribution in [0.15, 0.2) is 60.7 Å². The van der Waals surface area contributed by atoms with Crippen molar-refractivity contribution in [1.82, 2.24) is 5.32 Å². The summed E-state index contributed by atoms with van der Waals surface area (Å²) in [7, 11) is 0. The zero-order valence-electron chi connectivity index (χ0n) is 12.0. The second kappa shape index (κ2) is 7.95. The molecule has 0 bridgehead atoms. The van der Waals surface area contributed by atoms with E-state index in [0.29, 0.717) is 12.1 Å². The van der Waals surface area contributed by atoms with Crippen molar-refractivity contribution in [2.24, 2.45) is 0 Å². The summed E-state index contributed by atoms with van der Waals surface area (Å²) >= 11 is 0. The predicted octanol–water partition coefficient (Wildman–Crippen LogP) is 1.34. The van der Waals surface area contributed by atoms with Crippen molar-refractivity contribution in [3.63, 3.8) is 0 Å². The normalized spacial score (nSPS) is 11.5. The van der Waals surface area contributed by atoms with Gasteiger partial charge in [-0.05, 0) is 17.7 Å². The Balaban J connectivity index is 1.76. The van der Waals surface area contributed by atoms with Crippen molar-refractivity contribution in [3.8, 4) is 0 Å². The number of hydrogen-bond donors (Lipinski definition) is 3. The Bertz CT molecular complexity index is 614. The number of para-hydroxylation sites is 1. The molecular formula is C17H18N2O3. The lowest BCUT2D eigenvalue weighted by Gasteiger charge is -2.12. The Kier molecular flexibility index (Phi) is 5.68. The summed E-state index contributed by atoms with van der Waals surface area (Å²) in [5.74, 6) is -1.52. The Morgan fingerprint density at radius 1 is 0.909 bits per heavy atom. The van der Waals surface area contributed by atoms with Crippen molar-refractivity contribution in [3.05, 3.63) is 66.2 Å². The maximum absolute atomic E-state index is 11.7. The second-order valence-electron chi connectivity index (χ2n) is 4.87. The van der Waals surface area contributed by atoms with Gasteiger partial charge >= 0.3 is 11.8 Å². The van der Waals surface area contributed by atoms with E-state index in [1.54, 1.807) is 24.3 Å². The average Bonchev–Trinajstić information content (AvgIpc) is 2.54. The predicted molar refractivity (Wildman–Crippen MR) is 84.2 cm³/mol. The summed E-state index contributed by atoms with van der Waals surface area (Å²) in [5.41, 5.74) is 1.52. The Labute approximate surface area is 129 Å². The van der Waals surface area contributed by atoms with Gasteiger partial charge in [0.05, 0.1) is 6.10 Å². The van der Waals surface area contributed by atoms with Gasteiger partial charge in [0, 0.05) is 18.7 Å². The molecule has 2 aromatic rings. The van der Waals surface area contributed by atoms with Gasteiger partial charge in [0.1, 0.15) is 0 Å². The molecule has 5 nitrogen and oxygen atoms in total. The van der Waals surface area contributed by atoms with Crippen LogP contribution in [0.2, 0.25) is 0 Å². The molecule has 2 rings (SSSR count). The van der Waals surface area contributed by atoms with E-state index in [-0.39, 0.29) is 6.54 Å². The Hall–Kier alpha value is -2.66. The first-order valence-corrected chi connectivity index (χ1v) is 7.01. The fraction of sp³-hybridized carbons (Fsp3) is 0.176. The molecule has 1 atom stereocenters. The molecule has 0 saturated carbocycles. The molecule has 22 heavy (non-hydrogen) atoms. The Morgan fingerprint density at radius 2 is 1.50 bits per heavy atom. The second-order valence-corrected chi connectivity index (χ2v) is 4.87. The summed E-state index contributed by atoms with van der Waals surface area (Å²) in [5, 5.41) is 14.8. The molecule has 0 aliphatic carbocycles. The standard InChI is InChI=1S/C17H18N2O3/c20-15(11-13-7-3-1-4-8-13)12-18-16(21)17(22)19-14-9-5-2-6-10-14/h1-10,15,20H,11-12H2,(H,18,21)(H,19,22).